The number of aromatic nitrogens is 2. The first-order valence-corrected chi connectivity index (χ1v) is 11.1. The summed E-state index contributed by atoms with van der Waals surface area (Å²) in [5.41, 5.74) is 2.13. The topological polar surface area (TPSA) is 111 Å². The van der Waals surface area contributed by atoms with Crippen LogP contribution >= 0.6 is 11.3 Å². The number of carbonyl (C=O) groups excluding carboxylic acids is 2. The van der Waals surface area contributed by atoms with Gasteiger partial charge < -0.3 is 19.2 Å². The molecule has 10 heteroatoms. The maximum absolute atomic E-state index is 12.8. The van der Waals surface area contributed by atoms with Crippen LogP contribution in [-0.2, 0) is 27.2 Å². The summed E-state index contributed by atoms with van der Waals surface area (Å²) in [7, 11) is 4.38. The predicted molar refractivity (Wildman–Crippen MR) is 125 cm³/mol. The minimum absolute atomic E-state index is 0.170. The summed E-state index contributed by atoms with van der Waals surface area (Å²) in [6, 6.07) is 6.06. The van der Waals surface area contributed by atoms with Crippen molar-refractivity contribution in [1.29, 1.82) is 0 Å². The van der Waals surface area contributed by atoms with Gasteiger partial charge in [-0.2, -0.15) is 0 Å². The summed E-state index contributed by atoms with van der Waals surface area (Å²) < 4.78 is 15.4. The van der Waals surface area contributed by atoms with Gasteiger partial charge in [0.05, 0.1) is 32.6 Å². The monoisotopic (exact) mass is 473 g/mol. The molecule has 3 rings (SSSR count). The number of fused-ring (bicyclic) bond motifs is 1. The highest BCUT2D eigenvalue weighted by atomic mass is 32.1. The number of esters is 2. The van der Waals surface area contributed by atoms with E-state index in [2.05, 4.69) is 16.0 Å². The third-order valence-corrected chi connectivity index (χ3v) is 6.09. The number of nitrogens with zero attached hydrogens (tertiary/aromatic N) is 2. The minimum atomic E-state index is -0.626. The van der Waals surface area contributed by atoms with E-state index in [1.807, 2.05) is 37.9 Å². The molecule has 0 spiro atoms. The third-order valence-electron chi connectivity index (χ3n) is 4.99. The second-order valence-electron chi connectivity index (χ2n) is 7.76. The summed E-state index contributed by atoms with van der Waals surface area (Å²) in [6.45, 7) is 5.51. The molecule has 0 saturated heterocycles. The molecular formula is C23H27N3O6S. The van der Waals surface area contributed by atoms with Crippen molar-refractivity contribution in [3.63, 3.8) is 0 Å². The van der Waals surface area contributed by atoms with E-state index in [4.69, 9.17) is 14.2 Å². The normalized spacial score (nSPS) is 11.1. The SMILES string of the molecule is COC(=O)Cc1c(C(=O)OC)sc2nc(CN(C)CCOc3cc(C)cc(C)c3)[nH]c(=O)c12. The van der Waals surface area contributed by atoms with Crippen LogP contribution in [0.3, 0.4) is 0 Å². The van der Waals surface area contributed by atoms with Crippen LogP contribution in [0.1, 0.15) is 32.2 Å². The van der Waals surface area contributed by atoms with Gasteiger partial charge in [-0.1, -0.05) is 6.07 Å². The van der Waals surface area contributed by atoms with Crippen molar-refractivity contribution in [2.45, 2.75) is 26.8 Å². The fraction of sp³-hybridized carbons (Fsp3) is 0.391. The fourth-order valence-corrected chi connectivity index (χ4v) is 4.63. The Morgan fingerprint density at radius 1 is 1.12 bits per heavy atom. The Hall–Kier alpha value is -3.24. The Bertz CT molecular complexity index is 1210. The zero-order valence-corrected chi connectivity index (χ0v) is 20.1. The van der Waals surface area contributed by atoms with Crippen molar-refractivity contribution in [3.8, 4) is 5.75 Å². The minimum Gasteiger partial charge on any atom is -0.492 e. The number of carbonyl (C=O) groups is 2. The largest absolute Gasteiger partial charge is 0.492 e. The van der Waals surface area contributed by atoms with Gasteiger partial charge in [0.25, 0.3) is 5.56 Å². The lowest BCUT2D eigenvalue weighted by Crippen LogP contribution is -2.26. The van der Waals surface area contributed by atoms with Crippen LogP contribution in [0.5, 0.6) is 5.75 Å². The molecule has 0 aliphatic heterocycles. The Kier molecular flexibility index (Phi) is 7.83. The molecule has 1 N–H and O–H groups in total. The number of likely N-dealkylation sites (N-methyl/N-ethyl adjacent to an activating group) is 1. The van der Waals surface area contributed by atoms with E-state index >= 15 is 0 Å². The maximum atomic E-state index is 12.8. The lowest BCUT2D eigenvalue weighted by molar-refractivity contribution is -0.139. The van der Waals surface area contributed by atoms with Gasteiger partial charge in [0, 0.05) is 12.1 Å². The van der Waals surface area contributed by atoms with E-state index in [0.29, 0.717) is 30.4 Å². The number of hydrogen-bond donors (Lipinski definition) is 1. The first-order chi connectivity index (χ1) is 15.7. The van der Waals surface area contributed by atoms with Crippen LogP contribution in [0.25, 0.3) is 10.2 Å². The van der Waals surface area contributed by atoms with Gasteiger partial charge in [0.15, 0.2) is 0 Å². The Morgan fingerprint density at radius 2 is 1.82 bits per heavy atom. The van der Waals surface area contributed by atoms with Crippen molar-refractivity contribution in [2.24, 2.45) is 0 Å². The van der Waals surface area contributed by atoms with Crippen molar-refractivity contribution >= 4 is 33.5 Å². The molecule has 176 valence electrons. The van der Waals surface area contributed by atoms with Crippen LogP contribution in [0.15, 0.2) is 23.0 Å². The average Bonchev–Trinajstić information content (AvgIpc) is 3.10. The summed E-state index contributed by atoms with van der Waals surface area (Å²) >= 11 is 1.03. The van der Waals surface area contributed by atoms with Gasteiger partial charge in [-0.05, 0) is 44.2 Å². The van der Waals surface area contributed by atoms with E-state index in [1.165, 1.54) is 14.2 Å². The third kappa shape index (κ3) is 5.96. The smallest absolute Gasteiger partial charge is 0.348 e. The second-order valence-corrected chi connectivity index (χ2v) is 8.76. The first-order valence-electron chi connectivity index (χ1n) is 10.3. The highest BCUT2D eigenvalue weighted by Crippen LogP contribution is 2.29. The molecule has 1 aromatic carbocycles. The van der Waals surface area contributed by atoms with Crippen molar-refractivity contribution in [1.82, 2.24) is 14.9 Å². The van der Waals surface area contributed by atoms with Crippen LogP contribution in [0.2, 0.25) is 0 Å². The van der Waals surface area contributed by atoms with Crippen LogP contribution in [0.4, 0.5) is 0 Å². The van der Waals surface area contributed by atoms with Gasteiger partial charge in [0.2, 0.25) is 0 Å². The molecule has 0 saturated carbocycles. The van der Waals surface area contributed by atoms with Crippen molar-refractivity contribution in [2.75, 3.05) is 34.4 Å². The molecule has 0 bridgehead atoms. The summed E-state index contributed by atoms with van der Waals surface area (Å²) in [5, 5.41) is 0.204. The molecule has 0 aliphatic carbocycles. The molecule has 0 atom stereocenters. The number of thiophene rings is 1. The van der Waals surface area contributed by atoms with Gasteiger partial charge in [-0.3, -0.25) is 14.5 Å². The van der Waals surface area contributed by atoms with Gasteiger partial charge in [-0.15, -0.1) is 11.3 Å². The van der Waals surface area contributed by atoms with E-state index in [-0.39, 0.29) is 22.2 Å². The van der Waals surface area contributed by atoms with Crippen LogP contribution < -0.4 is 10.3 Å². The molecule has 2 heterocycles. The molecule has 0 aliphatic rings. The van der Waals surface area contributed by atoms with Gasteiger partial charge >= 0.3 is 11.9 Å². The van der Waals surface area contributed by atoms with E-state index in [9.17, 15) is 14.4 Å². The molecule has 3 aromatic rings. The van der Waals surface area contributed by atoms with Crippen LogP contribution in [-0.4, -0.2) is 61.2 Å². The quantitative estimate of drug-likeness (QED) is 0.472. The van der Waals surface area contributed by atoms with Crippen molar-refractivity contribution < 1.29 is 23.8 Å². The number of methoxy groups -OCH3 is 2. The second kappa shape index (κ2) is 10.6. The number of aromatic amines is 1. The first kappa shape index (κ1) is 24.4. The van der Waals surface area contributed by atoms with Gasteiger partial charge in [-0.25, -0.2) is 9.78 Å². The summed E-state index contributed by atoms with van der Waals surface area (Å²) in [4.78, 5) is 46.6. The standard InChI is InChI=1S/C23H27N3O6S/c1-13-8-14(2)10-15(9-13)32-7-6-26(3)12-17-24-21(28)19-16(11-18(27)30-4)20(23(29)31-5)33-22(19)25-17/h8-10H,6-7,11-12H2,1-5H3,(H,24,25,28). The Balaban J connectivity index is 1.76. The number of rotatable bonds is 9. The van der Waals surface area contributed by atoms with E-state index in [0.717, 1.165) is 28.2 Å². The lowest BCUT2D eigenvalue weighted by atomic mass is 10.1. The predicted octanol–water partition coefficient (Wildman–Crippen LogP) is 2.61. The summed E-state index contributed by atoms with van der Waals surface area (Å²) in [5.74, 6) is 0.0787. The number of nitrogens with one attached hydrogen (secondary N) is 1. The average molecular weight is 474 g/mol. The summed E-state index contributed by atoms with van der Waals surface area (Å²) in [6.07, 6.45) is -0.222. The fourth-order valence-electron chi connectivity index (χ4n) is 3.50. The molecule has 33 heavy (non-hydrogen) atoms. The lowest BCUT2D eigenvalue weighted by Gasteiger charge is -2.16. The Labute approximate surface area is 195 Å². The molecule has 0 fully saturated rings. The zero-order valence-electron chi connectivity index (χ0n) is 19.3. The highest BCUT2D eigenvalue weighted by Gasteiger charge is 2.24. The molecule has 9 nitrogen and oxygen atoms in total. The van der Waals surface area contributed by atoms with E-state index < -0.39 is 17.5 Å². The molecule has 0 amide bonds. The number of benzene rings is 1. The molecule has 0 unspecified atom stereocenters. The Morgan fingerprint density at radius 3 is 2.45 bits per heavy atom. The number of H-pyrrole nitrogens is 1. The van der Waals surface area contributed by atoms with Gasteiger partial charge in [0.1, 0.15) is 27.9 Å². The molecule has 2 aromatic heterocycles. The maximum Gasteiger partial charge on any atom is 0.348 e. The highest BCUT2D eigenvalue weighted by molar-refractivity contribution is 7.20. The van der Waals surface area contributed by atoms with E-state index in [1.54, 1.807) is 0 Å². The van der Waals surface area contributed by atoms with Crippen LogP contribution in [0, 0.1) is 13.8 Å². The molecular weight excluding hydrogens is 446 g/mol. The number of hydrogen-bond acceptors (Lipinski definition) is 9. The zero-order chi connectivity index (χ0) is 24.1. The number of ether oxygens (including phenoxy) is 3. The van der Waals surface area contributed by atoms with Crippen molar-refractivity contribution in [3.05, 3.63) is 55.9 Å². The molecule has 0 radical (unpaired) electrons. The number of aryl methyl sites for hydroxylation is 2.